The van der Waals surface area contributed by atoms with Gasteiger partial charge < -0.3 is 0 Å². The lowest BCUT2D eigenvalue weighted by Gasteiger charge is -2.45. The molecule has 0 amide bonds. The highest BCUT2D eigenvalue weighted by Crippen LogP contribution is 2.49. The molecule has 1 aromatic carbocycles. The number of rotatable bonds is 3. The third-order valence-corrected chi connectivity index (χ3v) is 15.5. The average Bonchev–Trinajstić information content (AvgIpc) is 2.68. The van der Waals surface area contributed by atoms with Crippen LogP contribution in [-0.2, 0) is 0 Å². The summed E-state index contributed by atoms with van der Waals surface area (Å²) in [6.45, 7) is 29.3. The summed E-state index contributed by atoms with van der Waals surface area (Å²) >= 11 is 0. The van der Waals surface area contributed by atoms with Crippen molar-refractivity contribution >= 4 is 26.5 Å². The summed E-state index contributed by atoms with van der Waals surface area (Å²) in [4.78, 5) is 0. The van der Waals surface area contributed by atoms with Gasteiger partial charge in [0.2, 0.25) is 0 Å². The maximum atomic E-state index is 2.64. The molecule has 0 saturated heterocycles. The molecular weight excluding hydrogens is 344 g/mol. The zero-order chi connectivity index (χ0) is 20.2. The molecule has 0 bridgehead atoms. The Bertz CT molecular complexity index is 781. The largest absolute Gasteiger partial charge is 0.116 e. The average molecular weight is 385 g/mol. The first-order valence-electron chi connectivity index (χ1n) is 10.1. The van der Waals surface area contributed by atoms with E-state index < -0.39 is 16.1 Å². The molecule has 0 radical (unpaired) electrons. The minimum atomic E-state index is -1.89. The highest BCUT2D eigenvalue weighted by Gasteiger charge is 2.49. The molecule has 2 atom stereocenters. The number of allylic oxidation sites excluding steroid dienone is 4. The molecule has 0 aliphatic heterocycles. The molecule has 2 rings (SSSR count). The molecule has 0 aromatic heterocycles. The minimum Gasteiger partial charge on any atom is -0.0656 e. The van der Waals surface area contributed by atoms with E-state index >= 15 is 0 Å². The van der Waals surface area contributed by atoms with Gasteiger partial charge in [0.1, 0.15) is 8.07 Å². The van der Waals surface area contributed by atoms with Gasteiger partial charge in [-0.05, 0) is 44.2 Å². The van der Waals surface area contributed by atoms with Gasteiger partial charge in [0.25, 0.3) is 0 Å². The second-order valence-electron chi connectivity index (χ2n) is 10.8. The van der Waals surface area contributed by atoms with Crippen LogP contribution in [0.4, 0.5) is 0 Å². The summed E-state index contributed by atoms with van der Waals surface area (Å²) in [6.07, 6.45) is 0. The van der Waals surface area contributed by atoms with Gasteiger partial charge in [-0.3, -0.25) is 0 Å². The Kier molecular flexibility index (Phi) is 5.47. The summed E-state index contributed by atoms with van der Waals surface area (Å²) in [7, 11) is -3.22. The van der Waals surface area contributed by atoms with Crippen LogP contribution in [0.5, 0.6) is 0 Å². The monoisotopic (exact) mass is 384 g/mol. The molecule has 1 aliphatic rings. The maximum absolute atomic E-state index is 2.64. The summed E-state index contributed by atoms with van der Waals surface area (Å²) in [5.41, 5.74) is 6.13. The second-order valence-corrected chi connectivity index (χ2v) is 20.7. The fourth-order valence-electron chi connectivity index (χ4n) is 4.67. The normalized spacial score (nSPS) is 21.5. The number of aryl methyl sites for hydroxylation is 1. The van der Waals surface area contributed by atoms with E-state index in [-0.39, 0.29) is 5.04 Å². The zero-order valence-electron chi connectivity index (χ0n) is 19.3. The molecule has 1 aromatic rings. The summed E-state index contributed by atoms with van der Waals surface area (Å²) < 4.78 is 0. The third kappa shape index (κ3) is 3.35. The Morgan fingerprint density at radius 2 is 1.27 bits per heavy atom. The van der Waals surface area contributed by atoms with Crippen molar-refractivity contribution < 1.29 is 0 Å². The third-order valence-electron chi connectivity index (χ3n) is 7.20. The van der Waals surface area contributed by atoms with Crippen molar-refractivity contribution in [3.63, 3.8) is 0 Å². The van der Waals surface area contributed by atoms with Crippen molar-refractivity contribution in [1.29, 1.82) is 0 Å². The molecule has 0 heterocycles. The van der Waals surface area contributed by atoms with E-state index in [1.54, 1.807) is 26.7 Å². The lowest BCUT2D eigenvalue weighted by Crippen LogP contribution is -2.57. The van der Waals surface area contributed by atoms with Crippen molar-refractivity contribution in [1.82, 2.24) is 0 Å². The molecule has 144 valence electrons. The molecule has 0 spiro atoms. The quantitative estimate of drug-likeness (QED) is 0.524. The van der Waals surface area contributed by atoms with Crippen LogP contribution in [0.2, 0.25) is 31.2 Å². The molecule has 0 fully saturated rings. The first kappa shape index (κ1) is 21.4. The van der Waals surface area contributed by atoms with Crippen molar-refractivity contribution in [2.24, 2.45) is 5.92 Å². The van der Waals surface area contributed by atoms with Gasteiger partial charge in [-0.15, -0.1) is 0 Å². The van der Waals surface area contributed by atoms with Gasteiger partial charge in [0.15, 0.2) is 0 Å². The smallest absolute Gasteiger partial charge is 0.0656 e. The van der Waals surface area contributed by atoms with E-state index in [1.807, 2.05) is 0 Å². The molecular formula is C24H40Si2. The Labute approximate surface area is 164 Å². The molecule has 0 N–H and O–H groups in total. The van der Waals surface area contributed by atoms with Crippen LogP contribution in [0.15, 0.2) is 40.1 Å². The zero-order valence-corrected chi connectivity index (χ0v) is 21.3. The number of benzene rings is 1. The van der Waals surface area contributed by atoms with Crippen LogP contribution in [0.1, 0.15) is 54.0 Å². The van der Waals surface area contributed by atoms with Crippen LogP contribution in [0.3, 0.4) is 0 Å². The second kappa shape index (κ2) is 6.63. The van der Waals surface area contributed by atoms with E-state index in [1.165, 1.54) is 11.1 Å². The van der Waals surface area contributed by atoms with Crippen LogP contribution in [0.25, 0.3) is 0 Å². The fourth-order valence-corrected chi connectivity index (χ4v) is 11.0. The topological polar surface area (TPSA) is 0 Å². The van der Waals surface area contributed by atoms with Crippen LogP contribution >= 0.6 is 0 Å². The maximum Gasteiger partial charge on any atom is 0.116 e. The van der Waals surface area contributed by atoms with Gasteiger partial charge in [-0.1, -0.05) is 104 Å². The highest BCUT2D eigenvalue weighted by molar-refractivity contribution is 6.99. The van der Waals surface area contributed by atoms with Gasteiger partial charge in [0, 0.05) is 0 Å². The lowest BCUT2D eigenvalue weighted by molar-refractivity contribution is 0.715. The van der Waals surface area contributed by atoms with Gasteiger partial charge >= 0.3 is 0 Å². The Morgan fingerprint density at radius 1 is 0.769 bits per heavy atom. The Morgan fingerprint density at radius 3 is 1.65 bits per heavy atom. The molecule has 2 unspecified atom stereocenters. The predicted molar refractivity (Wildman–Crippen MR) is 125 cm³/mol. The Balaban J connectivity index is 2.82. The van der Waals surface area contributed by atoms with Crippen LogP contribution in [-0.4, -0.2) is 16.1 Å². The molecule has 1 aliphatic carbocycles. The van der Waals surface area contributed by atoms with Gasteiger partial charge in [-0.25, -0.2) is 0 Å². The molecule has 0 saturated carbocycles. The summed E-state index contributed by atoms with van der Waals surface area (Å²) in [5.74, 6) is 0.585. The van der Waals surface area contributed by atoms with Gasteiger partial charge in [-0.2, -0.15) is 0 Å². The van der Waals surface area contributed by atoms with E-state index in [0.717, 1.165) is 0 Å². The highest BCUT2D eigenvalue weighted by atomic mass is 28.3. The van der Waals surface area contributed by atoms with E-state index in [2.05, 4.69) is 99.8 Å². The summed E-state index contributed by atoms with van der Waals surface area (Å²) in [5, 5.41) is 5.31. The van der Waals surface area contributed by atoms with Crippen molar-refractivity contribution in [2.75, 3.05) is 0 Å². The lowest BCUT2D eigenvalue weighted by atomic mass is 10.1. The predicted octanol–water partition coefficient (Wildman–Crippen LogP) is 6.47. The molecule has 2 heteroatoms. The van der Waals surface area contributed by atoms with Crippen LogP contribution in [0, 0.1) is 12.8 Å². The number of hydrogen-bond acceptors (Lipinski definition) is 0. The van der Waals surface area contributed by atoms with Crippen molar-refractivity contribution in [3.05, 3.63) is 45.7 Å². The van der Waals surface area contributed by atoms with Crippen molar-refractivity contribution in [3.8, 4) is 0 Å². The van der Waals surface area contributed by atoms with E-state index in [9.17, 15) is 0 Å². The van der Waals surface area contributed by atoms with Crippen LogP contribution < -0.4 is 10.4 Å². The standard InChI is InChI=1S/C24H40Si2/c1-16-13-21(25(9,10)11)15-22(14-16)26(12,24(6,7)8)23-19(4)17(2)18(3)20(23)5/h13-15,19H,1-12H3. The van der Waals surface area contributed by atoms with Gasteiger partial charge in [0.05, 0.1) is 8.07 Å². The fraction of sp³-hybridized carbons (Fsp3) is 0.583. The SMILES string of the molecule is CC1=C(C)C(C)C([Si](C)(c2cc(C)cc([Si](C)(C)C)c2)C(C)(C)C)=C1C. The first-order chi connectivity index (χ1) is 11.6. The molecule has 26 heavy (non-hydrogen) atoms. The first-order valence-corrected chi connectivity index (χ1v) is 16.1. The Hall–Kier alpha value is -0.866. The minimum absolute atomic E-state index is 0.285. The summed E-state index contributed by atoms with van der Waals surface area (Å²) in [6, 6.07) is 7.56. The van der Waals surface area contributed by atoms with Crippen molar-refractivity contribution in [2.45, 2.75) is 86.6 Å². The van der Waals surface area contributed by atoms with E-state index in [4.69, 9.17) is 0 Å². The molecule has 0 nitrogen and oxygen atoms in total. The number of hydrogen-bond donors (Lipinski definition) is 0. The van der Waals surface area contributed by atoms with E-state index in [0.29, 0.717) is 5.92 Å².